The number of rotatable bonds is 3. The van der Waals surface area contributed by atoms with Crippen molar-refractivity contribution in [3.05, 3.63) is 24.1 Å². The van der Waals surface area contributed by atoms with Crippen molar-refractivity contribution in [2.24, 2.45) is 5.92 Å². The van der Waals surface area contributed by atoms with Crippen molar-refractivity contribution in [3.63, 3.8) is 0 Å². The molecule has 2 aromatic rings. The number of likely N-dealkylation sites (tertiary alicyclic amines) is 1. The smallest absolute Gasteiger partial charge is 0.270 e. The van der Waals surface area contributed by atoms with Crippen LogP contribution in [-0.4, -0.2) is 28.5 Å². The van der Waals surface area contributed by atoms with E-state index in [1.54, 1.807) is 6.26 Å². The van der Waals surface area contributed by atoms with E-state index in [1.807, 2.05) is 17.0 Å². The minimum atomic E-state index is 0.174. The Balaban J connectivity index is 1.70. The predicted molar refractivity (Wildman–Crippen MR) is 76.7 cm³/mol. The van der Waals surface area contributed by atoms with E-state index in [0.29, 0.717) is 0 Å². The van der Waals surface area contributed by atoms with Crippen molar-refractivity contribution >= 4 is 17.0 Å². The third kappa shape index (κ3) is 1.86. The monoisotopic (exact) mass is 272 g/mol. The highest BCUT2D eigenvalue weighted by Gasteiger charge is 2.27. The number of fused-ring (bicyclic) bond motifs is 1. The molecule has 4 rings (SSSR count). The van der Waals surface area contributed by atoms with Crippen molar-refractivity contribution in [1.82, 2.24) is 9.47 Å². The van der Waals surface area contributed by atoms with E-state index in [0.717, 1.165) is 55.2 Å². The molecule has 1 aliphatic carbocycles. The first-order valence-corrected chi connectivity index (χ1v) is 7.69. The molecule has 2 fully saturated rings. The van der Waals surface area contributed by atoms with Gasteiger partial charge in [0.25, 0.3) is 5.91 Å². The highest BCUT2D eigenvalue weighted by atomic mass is 16.3. The molecule has 0 atom stereocenters. The van der Waals surface area contributed by atoms with Gasteiger partial charge in [-0.05, 0) is 31.6 Å². The van der Waals surface area contributed by atoms with Gasteiger partial charge in [-0.1, -0.05) is 6.42 Å². The summed E-state index contributed by atoms with van der Waals surface area (Å²) in [4.78, 5) is 14.7. The lowest BCUT2D eigenvalue weighted by Crippen LogP contribution is -2.30. The minimum absolute atomic E-state index is 0.174. The second-order valence-electron chi connectivity index (χ2n) is 6.11. The van der Waals surface area contributed by atoms with Gasteiger partial charge < -0.3 is 13.9 Å². The van der Waals surface area contributed by atoms with Gasteiger partial charge in [-0.25, -0.2) is 0 Å². The highest BCUT2D eigenvalue weighted by molar-refractivity contribution is 5.97. The Morgan fingerprint density at radius 3 is 2.75 bits per heavy atom. The van der Waals surface area contributed by atoms with Gasteiger partial charge in [-0.15, -0.1) is 0 Å². The highest BCUT2D eigenvalue weighted by Crippen LogP contribution is 2.31. The zero-order valence-electron chi connectivity index (χ0n) is 11.7. The fourth-order valence-electron chi connectivity index (χ4n) is 3.37. The summed E-state index contributed by atoms with van der Waals surface area (Å²) in [6.07, 6.45) is 7.88. The van der Waals surface area contributed by atoms with Crippen LogP contribution in [0.5, 0.6) is 0 Å². The summed E-state index contributed by atoms with van der Waals surface area (Å²) in [6, 6.07) is 3.91. The molecule has 1 saturated carbocycles. The van der Waals surface area contributed by atoms with Crippen LogP contribution in [0.25, 0.3) is 11.1 Å². The van der Waals surface area contributed by atoms with Crippen LogP contribution in [0, 0.1) is 5.92 Å². The van der Waals surface area contributed by atoms with Gasteiger partial charge in [-0.2, -0.15) is 0 Å². The molecule has 3 heterocycles. The molecule has 2 aliphatic rings. The molecule has 1 amide bonds. The summed E-state index contributed by atoms with van der Waals surface area (Å²) in [6.45, 7) is 2.75. The first kappa shape index (κ1) is 12.1. The van der Waals surface area contributed by atoms with Gasteiger partial charge in [0, 0.05) is 31.8 Å². The summed E-state index contributed by atoms with van der Waals surface area (Å²) in [5.41, 5.74) is 2.72. The lowest BCUT2D eigenvalue weighted by Gasteiger charge is -2.27. The molecule has 106 valence electrons. The molecule has 0 N–H and O–H groups in total. The summed E-state index contributed by atoms with van der Waals surface area (Å²) in [7, 11) is 0. The van der Waals surface area contributed by atoms with E-state index in [1.165, 1.54) is 19.3 Å². The van der Waals surface area contributed by atoms with Crippen molar-refractivity contribution < 1.29 is 9.21 Å². The summed E-state index contributed by atoms with van der Waals surface area (Å²) < 4.78 is 7.68. The fourth-order valence-corrected chi connectivity index (χ4v) is 3.37. The molecule has 0 spiro atoms. The number of carbonyl (C=O) groups is 1. The van der Waals surface area contributed by atoms with Crippen LogP contribution in [0.15, 0.2) is 22.8 Å². The van der Waals surface area contributed by atoms with Gasteiger partial charge in [0.05, 0.1) is 11.8 Å². The van der Waals surface area contributed by atoms with E-state index >= 15 is 0 Å². The maximum absolute atomic E-state index is 12.7. The van der Waals surface area contributed by atoms with E-state index < -0.39 is 0 Å². The minimum Gasteiger partial charge on any atom is -0.463 e. The van der Waals surface area contributed by atoms with Crippen molar-refractivity contribution in [3.8, 4) is 0 Å². The molecule has 0 aromatic carbocycles. The number of aromatic nitrogens is 1. The first-order chi connectivity index (χ1) is 9.83. The van der Waals surface area contributed by atoms with Crippen LogP contribution in [0.1, 0.15) is 42.6 Å². The van der Waals surface area contributed by atoms with E-state index in [2.05, 4.69) is 4.57 Å². The Labute approximate surface area is 118 Å². The third-order valence-electron chi connectivity index (χ3n) is 4.80. The van der Waals surface area contributed by atoms with Gasteiger partial charge in [0.1, 0.15) is 5.69 Å². The number of furan rings is 1. The standard InChI is InChI=1S/C16H20N2O2/c19-16(17-7-1-2-8-17)14-10-15-13(6-9-20-15)18(14)11-12-4-3-5-12/h6,9-10,12H,1-5,7-8,11H2. The van der Waals surface area contributed by atoms with Gasteiger partial charge in [0.2, 0.25) is 0 Å². The Kier molecular flexibility index (Phi) is 2.83. The van der Waals surface area contributed by atoms with E-state index in [9.17, 15) is 4.79 Å². The summed E-state index contributed by atoms with van der Waals surface area (Å²) >= 11 is 0. The Morgan fingerprint density at radius 1 is 1.25 bits per heavy atom. The van der Waals surface area contributed by atoms with E-state index in [4.69, 9.17) is 4.42 Å². The molecule has 4 heteroatoms. The van der Waals surface area contributed by atoms with Crippen molar-refractivity contribution in [2.45, 2.75) is 38.6 Å². The fraction of sp³-hybridized carbons (Fsp3) is 0.562. The van der Waals surface area contributed by atoms with Crippen molar-refractivity contribution in [1.29, 1.82) is 0 Å². The molecule has 4 nitrogen and oxygen atoms in total. The molecule has 1 aliphatic heterocycles. The molecule has 0 unspecified atom stereocenters. The van der Waals surface area contributed by atoms with Crippen LogP contribution in [-0.2, 0) is 6.54 Å². The third-order valence-corrected chi connectivity index (χ3v) is 4.80. The molecule has 20 heavy (non-hydrogen) atoms. The second-order valence-corrected chi connectivity index (χ2v) is 6.11. The maximum Gasteiger partial charge on any atom is 0.270 e. The average molecular weight is 272 g/mol. The molecular weight excluding hydrogens is 252 g/mol. The van der Waals surface area contributed by atoms with Gasteiger partial charge >= 0.3 is 0 Å². The topological polar surface area (TPSA) is 38.4 Å². The molecular formula is C16H20N2O2. The normalized spacial score (nSPS) is 19.7. The Hall–Kier alpha value is -1.71. The number of nitrogens with zero attached hydrogens (tertiary/aromatic N) is 2. The second kappa shape index (κ2) is 4.69. The largest absolute Gasteiger partial charge is 0.463 e. The van der Waals surface area contributed by atoms with Gasteiger partial charge in [0.15, 0.2) is 5.58 Å². The van der Waals surface area contributed by atoms with Crippen LogP contribution in [0.2, 0.25) is 0 Å². The Bertz CT molecular complexity index is 630. The number of amides is 1. The molecule has 0 bridgehead atoms. The lowest BCUT2D eigenvalue weighted by molar-refractivity contribution is 0.0780. The Morgan fingerprint density at radius 2 is 2.05 bits per heavy atom. The van der Waals surface area contributed by atoms with E-state index in [-0.39, 0.29) is 5.91 Å². The molecule has 0 radical (unpaired) electrons. The average Bonchev–Trinajstić information content (AvgIpc) is 3.10. The van der Waals surface area contributed by atoms with Crippen LogP contribution >= 0.6 is 0 Å². The zero-order valence-corrected chi connectivity index (χ0v) is 11.7. The predicted octanol–water partition coefficient (Wildman–Crippen LogP) is 3.27. The van der Waals surface area contributed by atoms with Crippen LogP contribution < -0.4 is 0 Å². The molecule has 1 saturated heterocycles. The lowest BCUT2D eigenvalue weighted by atomic mass is 9.85. The molecule has 2 aromatic heterocycles. The number of hydrogen-bond donors (Lipinski definition) is 0. The SMILES string of the molecule is O=C(c1cc2occc2n1CC1CCC1)N1CCCC1. The number of hydrogen-bond acceptors (Lipinski definition) is 2. The van der Waals surface area contributed by atoms with Crippen molar-refractivity contribution in [2.75, 3.05) is 13.1 Å². The summed E-state index contributed by atoms with van der Waals surface area (Å²) in [5.74, 6) is 0.902. The first-order valence-electron chi connectivity index (χ1n) is 7.69. The van der Waals surface area contributed by atoms with Crippen LogP contribution in [0.3, 0.4) is 0 Å². The quantitative estimate of drug-likeness (QED) is 0.860. The summed E-state index contributed by atoms with van der Waals surface area (Å²) in [5, 5.41) is 0. The van der Waals surface area contributed by atoms with Crippen LogP contribution in [0.4, 0.5) is 0 Å². The maximum atomic E-state index is 12.7. The zero-order chi connectivity index (χ0) is 13.5. The van der Waals surface area contributed by atoms with Gasteiger partial charge in [-0.3, -0.25) is 4.79 Å². The number of carbonyl (C=O) groups excluding carboxylic acids is 1.